The van der Waals surface area contributed by atoms with Gasteiger partial charge in [0, 0.05) is 5.69 Å². The number of hydrogen-bond acceptors (Lipinski definition) is 6. The number of ether oxygens (including phenoxy) is 1. The van der Waals surface area contributed by atoms with Crippen molar-refractivity contribution < 1.29 is 14.1 Å². The number of nitrogens with zero attached hydrogens (tertiary/aromatic N) is 2. The molecule has 3 N–H and O–H groups in total. The fourth-order valence-corrected chi connectivity index (χ4v) is 2.67. The van der Waals surface area contributed by atoms with Crippen LogP contribution in [-0.2, 0) is 11.4 Å². The van der Waals surface area contributed by atoms with Gasteiger partial charge in [-0.25, -0.2) is 0 Å². The van der Waals surface area contributed by atoms with E-state index < -0.39 is 5.54 Å². The molecule has 2 aromatic rings. The van der Waals surface area contributed by atoms with Gasteiger partial charge in [0.1, 0.15) is 5.75 Å². The zero-order valence-electron chi connectivity index (χ0n) is 13.0. The van der Waals surface area contributed by atoms with Crippen molar-refractivity contribution in [2.45, 2.75) is 44.8 Å². The summed E-state index contributed by atoms with van der Waals surface area (Å²) in [5, 5.41) is 6.56. The third-order valence-electron chi connectivity index (χ3n) is 3.99. The van der Waals surface area contributed by atoms with Gasteiger partial charge < -0.3 is 20.3 Å². The fraction of sp³-hybridized carbons (Fsp3) is 0.438. The molecule has 0 spiro atoms. The second-order valence-electron chi connectivity index (χ2n) is 5.87. The Morgan fingerprint density at radius 2 is 2.04 bits per heavy atom. The molecule has 1 aliphatic rings. The summed E-state index contributed by atoms with van der Waals surface area (Å²) < 4.78 is 10.5. The van der Waals surface area contributed by atoms with E-state index in [1.54, 1.807) is 31.2 Å². The van der Waals surface area contributed by atoms with Crippen LogP contribution in [0, 0.1) is 6.92 Å². The van der Waals surface area contributed by atoms with E-state index in [1.165, 1.54) is 0 Å². The number of carbonyl (C=O) groups excluding carboxylic acids is 1. The zero-order valence-corrected chi connectivity index (χ0v) is 13.0. The van der Waals surface area contributed by atoms with E-state index in [9.17, 15) is 4.79 Å². The van der Waals surface area contributed by atoms with Gasteiger partial charge in [-0.1, -0.05) is 18.0 Å². The summed E-state index contributed by atoms with van der Waals surface area (Å²) in [6.45, 7) is 1.96. The van der Waals surface area contributed by atoms with Crippen molar-refractivity contribution in [1.29, 1.82) is 0 Å². The second-order valence-corrected chi connectivity index (χ2v) is 5.87. The second kappa shape index (κ2) is 6.37. The SMILES string of the molecule is Cc1noc(COc2ccc(NC(=O)C3(N)CCCC3)cc2)n1. The van der Waals surface area contributed by atoms with Crippen LogP contribution in [0.5, 0.6) is 5.75 Å². The molecule has 1 aromatic heterocycles. The highest BCUT2D eigenvalue weighted by atomic mass is 16.5. The van der Waals surface area contributed by atoms with Crippen LogP contribution in [0.25, 0.3) is 0 Å². The molecule has 1 amide bonds. The van der Waals surface area contributed by atoms with Crippen LogP contribution < -0.4 is 15.8 Å². The molecule has 0 atom stereocenters. The minimum atomic E-state index is -0.731. The summed E-state index contributed by atoms with van der Waals surface area (Å²) >= 11 is 0. The van der Waals surface area contributed by atoms with E-state index >= 15 is 0 Å². The first kappa shape index (κ1) is 15.5. The highest BCUT2D eigenvalue weighted by Gasteiger charge is 2.36. The van der Waals surface area contributed by atoms with Gasteiger partial charge in [0.15, 0.2) is 12.4 Å². The summed E-state index contributed by atoms with van der Waals surface area (Å²) in [5.41, 5.74) is 6.10. The van der Waals surface area contributed by atoms with Gasteiger partial charge in [0.05, 0.1) is 5.54 Å². The van der Waals surface area contributed by atoms with Crippen LogP contribution in [0.1, 0.15) is 37.4 Å². The Morgan fingerprint density at radius 3 is 2.65 bits per heavy atom. The van der Waals surface area contributed by atoms with Crippen molar-refractivity contribution in [3.05, 3.63) is 36.0 Å². The third-order valence-corrected chi connectivity index (χ3v) is 3.99. The van der Waals surface area contributed by atoms with Crippen LogP contribution in [0.4, 0.5) is 5.69 Å². The summed E-state index contributed by atoms with van der Waals surface area (Å²) in [5.74, 6) is 1.53. The molecule has 7 nitrogen and oxygen atoms in total. The van der Waals surface area contributed by atoms with E-state index in [2.05, 4.69) is 15.5 Å². The topological polar surface area (TPSA) is 103 Å². The van der Waals surface area contributed by atoms with Gasteiger partial charge in [0.25, 0.3) is 5.89 Å². The Balaban J connectivity index is 1.55. The number of carbonyl (C=O) groups is 1. The van der Waals surface area contributed by atoms with E-state index in [1.807, 2.05) is 0 Å². The minimum Gasteiger partial charge on any atom is -0.484 e. The molecule has 1 aromatic carbocycles. The van der Waals surface area contributed by atoms with Crippen molar-refractivity contribution >= 4 is 11.6 Å². The first-order valence-electron chi connectivity index (χ1n) is 7.68. The number of amides is 1. The number of hydrogen-bond donors (Lipinski definition) is 2. The van der Waals surface area contributed by atoms with Crippen molar-refractivity contribution in [2.75, 3.05) is 5.32 Å². The lowest BCUT2D eigenvalue weighted by Crippen LogP contribution is -2.48. The Kier molecular flexibility index (Phi) is 4.29. The highest BCUT2D eigenvalue weighted by Crippen LogP contribution is 2.28. The van der Waals surface area contributed by atoms with Crippen LogP contribution in [0.15, 0.2) is 28.8 Å². The zero-order chi connectivity index (χ0) is 16.3. The van der Waals surface area contributed by atoms with Crippen molar-refractivity contribution in [3.63, 3.8) is 0 Å². The van der Waals surface area contributed by atoms with Gasteiger partial charge >= 0.3 is 0 Å². The van der Waals surface area contributed by atoms with Crippen molar-refractivity contribution in [3.8, 4) is 5.75 Å². The van der Waals surface area contributed by atoms with E-state index in [4.69, 9.17) is 15.0 Å². The number of aromatic nitrogens is 2. The van der Waals surface area contributed by atoms with Gasteiger partial charge in [-0.2, -0.15) is 4.98 Å². The smallest absolute Gasteiger partial charge is 0.264 e. The lowest BCUT2D eigenvalue weighted by molar-refractivity contribution is -0.121. The maximum absolute atomic E-state index is 12.2. The number of anilines is 1. The van der Waals surface area contributed by atoms with E-state index in [0.29, 0.717) is 23.2 Å². The van der Waals surface area contributed by atoms with Crippen molar-refractivity contribution in [1.82, 2.24) is 10.1 Å². The molecule has 0 saturated heterocycles. The Labute approximate surface area is 134 Å². The molecule has 1 saturated carbocycles. The maximum atomic E-state index is 12.2. The quantitative estimate of drug-likeness (QED) is 0.876. The third kappa shape index (κ3) is 3.68. The van der Waals surface area contributed by atoms with Crippen LogP contribution in [0.3, 0.4) is 0 Å². The van der Waals surface area contributed by atoms with Gasteiger partial charge in [0.2, 0.25) is 5.91 Å². The van der Waals surface area contributed by atoms with Gasteiger partial charge in [-0.05, 0) is 44.0 Å². The Hall–Kier alpha value is -2.41. The normalized spacial score (nSPS) is 16.3. The predicted octanol–water partition coefficient (Wildman–Crippen LogP) is 2.17. The Morgan fingerprint density at radius 1 is 1.35 bits per heavy atom. The van der Waals surface area contributed by atoms with Gasteiger partial charge in [-0.3, -0.25) is 4.79 Å². The number of benzene rings is 1. The van der Waals surface area contributed by atoms with Crippen LogP contribution in [0.2, 0.25) is 0 Å². The molecule has 3 rings (SSSR count). The van der Waals surface area contributed by atoms with E-state index in [-0.39, 0.29) is 12.5 Å². The number of aryl methyl sites for hydroxylation is 1. The molecule has 1 fully saturated rings. The predicted molar refractivity (Wildman–Crippen MR) is 83.8 cm³/mol. The first-order valence-corrected chi connectivity index (χ1v) is 7.68. The average Bonchev–Trinajstić information content (AvgIpc) is 3.16. The monoisotopic (exact) mass is 316 g/mol. The lowest BCUT2D eigenvalue weighted by atomic mass is 9.98. The van der Waals surface area contributed by atoms with Crippen LogP contribution in [-0.4, -0.2) is 21.6 Å². The standard InChI is InChI=1S/C16H20N4O3/c1-11-18-14(23-20-11)10-22-13-6-4-12(5-7-13)19-15(21)16(17)8-2-3-9-16/h4-7H,2-3,8-10,17H2,1H3,(H,19,21). The van der Waals surface area contributed by atoms with E-state index in [0.717, 1.165) is 25.7 Å². The molecule has 7 heteroatoms. The molecule has 23 heavy (non-hydrogen) atoms. The molecule has 1 heterocycles. The number of rotatable bonds is 5. The summed E-state index contributed by atoms with van der Waals surface area (Å²) in [6.07, 6.45) is 3.49. The largest absolute Gasteiger partial charge is 0.484 e. The molecule has 0 radical (unpaired) electrons. The molecule has 0 bridgehead atoms. The number of nitrogens with one attached hydrogen (secondary N) is 1. The molecule has 1 aliphatic carbocycles. The lowest BCUT2D eigenvalue weighted by Gasteiger charge is -2.22. The highest BCUT2D eigenvalue weighted by molar-refractivity contribution is 5.98. The molecular weight excluding hydrogens is 296 g/mol. The maximum Gasteiger partial charge on any atom is 0.264 e. The summed E-state index contributed by atoms with van der Waals surface area (Å²) in [6, 6.07) is 7.11. The summed E-state index contributed by atoms with van der Waals surface area (Å²) in [7, 11) is 0. The molecule has 0 aliphatic heterocycles. The molecular formula is C16H20N4O3. The summed E-state index contributed by atoms with van der Waals surface area (Å²) in [4.78, 5) is 16.3. The average molecular weight is 316 g/mol. The number of nitrogens with two attached hydrogens (primary N) is 1. The van der Waals surface area contributed by atoms with Crippen LogP contribution >= 0.6 is 0 Å². The Bertz CT molecular complexity index is 675. The van der Waals surface area contributed by atoms with Gasteiger partial charge in [-0.15, -0.1) is 0 Å². The first-order chi connectivity index (χ1) is 11.0. The fourth-order valence-electron chi connectivity index (χ4n) is 2.67. The molecule has 122 valence electrons. The minimum absolute atomic E-state index is 0.120. The molecule has 0 unspecified atom stereocenters. The van der Waals surface area contributed by atoms with Crippen molar-refractivity contribution in [2.24, 2.45) is 5.73 Å².